The Hall–Kier alpha value is -1.95. The Kier molecular flexibility index (Phi) is 4.81. The molecule has 0 aliphatic heterocycles. The first-order valence-corrected chi connectivity index (χ1v) is 7.98. The number of hydrogen-bond acceptors (Lipinski definition) is 5. The molecule has 1 amide bonds. The van der Waals surface area contributed by atoms with Gasteiger partial charge in [-0.3, -0.25) is 9.59 Å². The second-order valence-corrected chi connectivity index (χ2v) is 7.07. The number of ether oxygens (including phenoxy) is 1. The van der Waals surface area contributed by atoms with Crippen LogP contribution in [0.5, 0.6) is 0 Å². The molecule has 0 aromatic carbocycles. The standard InChI is InChI=1S/C16H20N2O3S/c1-16(2,3)21-15(20)12(4-5-13(17)19)11-8-10-6-7-22-14(10)18-9-11/h6-9,12H,4-5H2,1-3H3,(H2,17,19). The molecule has 1 atom stereocenters. The Morgan fingerprint density at radius 1 is 1.41 bits per heavy atom. The van der Waals surface area contributed by atoms with Gasteiger partial charge in [0.15, 0.2) is 0 Å². The number of hydrogen-bond donors (Lipinski definition) is 1. The lowest BCUT2D eigenvalue weighted by molar-refractivity contribution is -0.157. The van der Waals surface area contributed by atoms with Crippen LogP contribution in [0, 0.1) is 0 Å². The average Bonchev–Trinajstić information content (AvgIpc) is 2.83. The number of rotatable bonds is 5. The Bertz CT molecular complexity index is 688. The molecular weight excluding hydrogens is 300 g/mol. The molecule has 0 radical (unpaired) electrons. The van der Waals surface area contributed by atoms with Gasteiger partial charge in [-0.15, -0.1) is 11.3 Å². The molecule has 0 spiro atoms. The lowest BCUT2D eigenvalue weighted by atomic mass is 9.94. The normalized spacial score (nSPS) is 13.0. The van der Waals surface area contributed by atoms with Gasteiger partial charge in [0.1, 0.15) is 10.4 Å². The number of amides is 1. The van der Waals surface area contributed by atoms with Gasteiger partial charge in [-0.2, -0.15) is 0 Å². The van der Waals surface area contributed by atoms with E-state index in [1.807, 2.05) is 38.3 Å². The highest BCUT2D eigenvalue weighted by atomic mass is 32.1. The minimum atomic E-state index is -0.581. The van der Waals surface area contributed by atoms with E-state index in [-0.39, 0.29) is 12.4 Å². The maximum Gasteiger partial charge on any atom is 0.314 e. The third kappa shape index (κ3) is 4.27. The average molecular weight is 320 g/mol. The van der Waals surface area contributed by atoms with Gasteiger partial charge in [0.05, 0.1) is 5.92 Å². The van der Waals surface area contributed by atoms with Gasteiger partial charge in [0.2, 0.25) is 5.91 Å². The van der Waals surface area contributed by atoms with Crippen LogP contribution in [-0.2, 0) is 14.3 Å². The van der Waals surface area contributed by atoms with Crippen molar-refractivity contribution in [1.82, 2.24) is 4.98 Å². The van der Waals surface area contributed by atoms with Gasteiger partial charge in [0, 0.05) is 18.0 Å². The molecule has 2 heterocycles. The minimum Gasteiger partial charge on any atom is -0.459 e. The molecule has 0 saturated heterocycles. The zero-order chi connectivity index (χ0) is 16.3. The van der Waals surface area contributed by atoms with Crippen LogP contribution < -0.4 is 5.73 Å². The topological polar surface area (TPSA) is 82.3 Å². The fourth-order valence-corrected chi connectivity index (χ4v) is 2.87. The van der Waals surface area contributed by atoms with Crippen LogP contribution in [0.15, 0.2) is 23.7 Å². The summed E-state index contributed by atoms with van der Waals surface area (Å²) in [5, 5.41) is 2.93. The molecule has 0 aliphatic carbocycles. The van der Waals surface area contributed by atoms with Crippen LogP contribution in [-0.4, -0.2) is 22.5 Å². The number of carbonyl (C=O) groups is 2. The first-order valence-electron chi connectivity index (χ1n) is 7.10. The van der Waals surface area contributed by atoms with Crippen molar-refractivity contribution < 1.29 is 14.3 Å². The van der Waals surface area contributed by atoms with Crippen LogP contribution in [0.25, 0.3) is 10.2 Å². The van der Waals surface area contributed by atoms with Crippen molar-refractivity contribution >= 4 is 33.4 Å². The van der Waals surface area contributed by atoms with E-state index in [0.29, 0.717) is 6.42 Å². The third-order valence-corrected chi connectivity index (χ3v) is 3.94. The largest absolute Gasteiger partial charge is 0.459 e. The Labute approximate surface area is 133 Å². The summed E-state index contributed by atoms with van der Waals surface area (Å²) < 4.78 is 5.46. The van der Waals surface area contributed by atoms with Crippen molar-refractivity contribution in [2.45, 2.75) is 45.1 Å². The van der Waals surface area contributed by atoms with Crippen molar-refractivity contribution in [3.63, 3.8) is 0 Å². The molecule has 2 aromatic rings. The molecule has 0 saturated carbocycles. The summed E-state index contributed by atoms with van der Waals surface area (Å²) in [5.74, 6) is -1.33. The lowest BCUT2D eigenvalue weighted by Gasteiger charge is -2.24. The summed E-state index contributed by atoms with van der Waals surface area (Å²) in [6, 6.07) is 3.88. The van der Waals surface area contributed by atoms with E-state index in [0.717, 1.165) is 15.8 Å². The van der Waals surface area contributed by atoms with Crippen molar-refractivity contribution in [1.29, 1.82) is 0 Å². The second-order valence-electron chi connectivity index (χ2n) is 6.17. The number of aromatic nitrogens is 1. The SMILES string of the molecule is CC(C)(C)OC(=O)C(CCC(N)=O)c1cnc2sccc2c1. The molecule has 0 fully saturated rings. The van der Waals surface area contributed by atoms with Crippen molar-refractivity contribution in [3.05, 3.63) is 29.3 Å². The predicted molar refractivity (Wildman–Crippen MR) is 86.6 cm³/mol. The fourth-order valence-electron chi connectivity index (χ4n) is 2.15. The number of primary amides is 1. The van der Waals surface area contributed by atoms with E-state index in [1.165, 1.54) is 0 Å². The number of carbonyl (C=O) groups excluding carboxylic acids is 2. The molecule has 118 valence electrons. The molecule has 2 rings (SSSR count). The van der Waals surface area contributed by atoms with Crippen molar-refractivity contribution in [2.75, 3.05) is 0 Å². The number of pyridine rings is 1. The highest BCUT2D eigenvalue weighted by Gasteiger charge is 2.27. The zero-order valence-corrected chi connectivity index (χ0v) is 13.8. The lowest BCUT2D eigenvalue weighted by Crippen LogP contribution is -2.28. The smallest absolute Gasteiger partial charge is 0.314 e. The van der Waals surface area contributed by atoms with Crippen molar-refractivity contribution in [2.24, 2.45) is 5.73 Å². The van der Waals surface area contributed by atoms with Crippen molar-refractivity contribution in [3.8, 4) is 0 Å². The zero-order valence-electron chi connectivity index (χ0n) is 13.0. The number of fused-ring (bicyclic) bond motifs is 1. The van der Waals surface area contributed by atoms with Crippen LogP contribution in [0.3, 0.4) is 0 Å². The van der Waals surface area contributed by atoms with E-state index in [4.69, 9.17) is 10.5 Å². The maximum absolute atomic E-state index is 12.4. The summed E-state index contributed by atoms with van der Waals surface area (Å²) in [6.45, 7) is 5.45. The first-order chi connectivity index (χ1) is 10.3. The molecule has 2 N–H and O–H groups in total. The van der Waals surface area contributed by atoms with E-state index in [1.54, 1.807) is 17.5 Å². The summed E-state index contributed by atoms with van der Waals surface area (Å²) >= 11 is 1.54. The molecule has 22 heavy (non-hydrogen) atoms. The summed E-state index contributed by atoms with van der Waals surface area (Å²) in [5.41, 5.74) is 5.39. The van der Waals surface area contributed by atoms with Gasteiger partial charge >= 0.3 is 5.97 Å². The van der Waals surface area contributed by atoms with Crippen LogP contribution in [0.1, 0.15) is 45.1 Å². The second kappa shape index (κ2) is 6.44. The first kappa shape index (κ1) is 16.4. The molecular formula is C16H20N2O3S. The summed E-state index contributed by atoms with van der Waals surface area (Å²) in [7, 11) is 0. The highest BCUT2D eigenvalue weighted by molar-refractivity contribution is 7.16. The monoisotopic (exact) mass is 320 g/mol. The van der Waals surface area contributed by atoms with Gasteiger partial charge in [-0.25, -0.2) is 4.98 Å². The van der Waals surface area contributed by atoms with E-state index in [9.17, 15) is 9.59 Å². The molecule has 0 bridgehead atoms. The summed E-state index contributed by atoms with van der Waals surface area (Å²) in [6.07, 6.45) is 2.13. The number of nitrogens with two attached hydrogens (primary N) is 1. The predicted octanol–water partition coefficient (Wildman–Crippen LogP) is 2.99. The van der Waals surface area contributed by atoms with Crippen LogP contribution in [0.2, 0.25) is 0 Å². The maximum atomic E-state index is 12.4. The van der Waals surface area contributed by atoms with E-state index < -0.39 is 17.4 Å². The highest BCUT2D eigenvalue weighted by Crippen LogP contribution is 2.28. The van der Waals surface area contributed by atoms with E-state index >= 15 is 0 Å². The van der Waals surface area contributed by atoms with Gasteiger partial charge in [0.25, 0.3) is 0 Å². The molecule has 2 aromatic heterocycles. The van der Waals surface area contributed by atoms with Gasteiger partial charge in [-0.05, 0) is 50.3 Å². The quantitative estimate of drug-likeness (QED) is 0.859. The molecule has 6 heteroatoms. The Balaban J connectivity index is 2.29. The minimum absolute atomic E-state index is 0.131. The Morgan fingerprint density at radius 3 is 2.77 bits per heavy atom. The molecule has 1 unspecified atom stereocenters. The third-order valence-electron chi connectivity index (χ3n) is 3.10. The molecule has 5 nitrogen and oxygen atoms in total. The van der Waals surface area contributed by atoms with Gasteiger partial charge < -0.3 is 10.5 Å². The fraction of sp³-hybridized carbons (Fsp3) is 0.438. The number of thiophene rings is 1. The number of nitrogens with zero attached hydrogens (tertiary/aromatic N) is 1. The van der Waals surface area contributed by atoms with Crippen LogP contribution >= 0.6 is 11.3 Å². The van der Waals surface area contributed by atoms with Crippen LogP contribution in [0.4, 0.5) is 0 Å². The Morgan fingerprint density at radius 2 is 2.14 bits per heavy atom. The number of esters is 1. The van der Waals surface area contributed by atoms with Gasteiger partial charge in [-0.1, -0.05) is 0 Å². The molecule has 0 aliphatic rings. The van der Waals surface area contributed by atoms with E-state index in [2.05, 4.69) is 4.98 Å². The summed E-state index contributed by atoms with van der Waals surface area (Å²) in [4.78, 5) is 28.8.